The lowest BCUT2D eigenvalue weighted by Gasteiger charge is -2.14. The number of fused-ring (bicyclic) bond motifs is 1. The van der Waals surface area contributed by atoms with Crippen LogP contribution in [-0.2, 0) is 24.8 Å². The third kappa shape index (κ3) is 4.45. The normalized spacial score (nSPS) is 13.4. The summed E-state index contributed by atoms with van der Waals surface area (Å²) in [5, 5.41) is 14.7. The Kier molecular flexibility index (Phi) is 5.50. The summed E-state index contributed by atoms with van der Waals surface area (Å²) in [6.07, 6.45) is -0.0927. The van der Waals surface area contributed by atoms with Crippen LogP contribution in [0.4, 0.5) is 24.8 Å². The minimum Gasteiger partial charge on any atom is -0.366 e. The molecule has 1 aromatic carbocycles. The number of alkyl halides is 2. The van der Waals surface area contributed by atoms with Crippen molar-refractivity contribution in [1.82, 2.24) is 14.5 Å². The molecule has 2 aromatic heterocycles. The highest BCUT2D eigenvalue weighted by Crippen LogP contribution is 2.31. The van der Waals surface area contributed by atoms with E-state index in [0.717, 1.165) is 18.9 Å². The van der Waals surface area contributed by atoms with Crippen LogP contribution < -0.4 is 10.6 Å². The summed E-state index contributed by atoms with van der Waals surface area (Å²) in [6.45, 7) is -0.119. The number of imidazole rings is 1. The van der Waals surface area contributed by atoms with Crippen LogP contribution in [0.1, 0.15) is 29.5 Å². The SMILES string of the molecule is Cn1cnc2c(NC(=O)C3CC3)nc(NCc3c(F)cc(C#N)cc3CC(F)F)cc21. The van der Waals surface area contributed by atoms with Gasteiger partial charge in [-0.25, -0.2) is 23.1 Å². The van der Waals surface area contributed by atoms with Crippen LogP contribution in [-0.4, -0.2) is 26.9 Å². The molecule has 1 saturated carbocycles. The van der Waals surface area contributed by atoms with Gasteiger partial charge in [-0.05, 0) is 30.5 Å². The predicted molar refractivity (Wildman–Crippen MR) is 108 cm³/mol. The maximum Gasteiger partial charge on any atom is 0.242 e. The fourth-order valence-corrected chi connectivity index (χ4v) is 3.35. The number of nitrogens with one attached hydrogen (secondary N) is 2. The second-order valence-electron chi connectivity index (χ2n) is 7.50. The number of carbonyl (C=O) groups is 1. The Morgan fingerprint density at radius 3 is 2.81 bits per heavy atom. The first-order valence-corrected chi connectivity index (χ1v) is 9.72. The molecule has 3 aromatic rings. The molecule has 0 saturated heterocycles. The topological polar surface area (TPSA) is 95.6 Å². The zero-order valence-corrected chi connectivity index (χ0v) is 16.6. The van der Waals surface area contributed by atoms with Crippen molar-refractivity contribution in [3.63, 3.8) is 0 Å². The van der Waals surface area contributed by atoms with Gasteiger partial charge in [0.1, 0.15) is 17.2 Å². The van der Waals surface area contributed by atoms with E-state index in [1.54, 1.807) is 30.1 Å². The maximum atomic E-state index is 14.5. The number of amides is 1. The highest BCUT2D eigenvalue weighted by molar-refractivity contribution is 6.00. The molecular weight excluding hydrogens is 409 g/mol. The summed E-state index contributed by atoms with van der Waals surface area (Å²) < 4.78 is 42.2. The second kappa shape index (κ2) is 8.26. The number of halogens is 3. The van der Waals surface area contributed by atoms with Gasteiger partial charge < -0.3 is 15.2 Å². The molecule has 4 rings (SSSR count). The van der Waals surface area contributed by atoms with Gasteiger partial charge in [-0.1, -0.05) is 0 Å². The Labute approximate surface area is 175 Å². The highest BCUT2D eigenvalue weighted by atomic mass is 19.3. The fraction of sp³-hybridized carbons (Fsp3) is 0.333. The zero-order chi connectivity index (χ0) is 22.1. The minimum absolute atomic E-state index is 0.0172. The number of nitrogens with zero attached hydrogens (tertiary/aromatic N) is 4. The van der Waals surface area contributed by atoms with E-state index in [-0.39, 0.29) is 40.9 Å². The Morgan fingerprint density at radius 1 is 1.35 bits per heavy atom. The lowest BCUT2D eigenvalue weighted by molar-refractivity contribution is -0.117. The molecule has 2 heterocycles. The van der Waals surface area contributed by atoms with Crippen LogP contribution in [0, 0.1) is 23.1 Å². The van der Waals surface area contributed by atoms with E-state index < -0.39 is 18.7 Å². The quantitative estimate of drug-likeness (QED) is 0.598. The van der Waals surface area contributed by atoms with Gasteiger partial charge in [0, 0.05) is 37.6 Å². The molecule has 0 unspecified atom stereocenters. The zero-order valence-electron chi connectivity index (χ0n) is 16.6. The summed E-state index contributed by atoms with van der Waals surface area (Å²) in [6, 6.07) is 5.75. The molecule has 0 aliphatic heterocycles. The number of aryl methyl sites for hydroxylation is 1. The molecule has 0 bridgehead atoms. The van der Waals surface area contributed by atoms with Gasteiger partial charge in [0.25, 0.3) is 0 Å². The van der Waals surface area contributed by atoms with Crippen molar-refractivity contribution in [3.05, 3.63) is 47.0 Å². The molecule has 10 heteroatoms. The smallest absolute Gasteiger partial charge is 0.242 e. The molecule has 1 aliphatic carbocycles. The number of benzene rings is 1. The van der Waals surface area contributed by atoms with Crippen LogP contribution in [0.5, 0.6) is 0 Å². The summed E-state index contributed by atoms with van der Waals surface area (Å²) >= 11 is 0. The first-order valence-electron chi connectivity index (χ1n) is 9.72. The fourth-order valence-electron chi connectivity index (χ4n) is 3.35. The van der Waals surface area contributed by atoms with Gasteiger partial charge in [0.05, 0.1) is 23.5 Å². The number of pyridine rings is 1. The Morgan fingerprint density at radius 2 is 2.13 bits per heavy atom. The number of hydrogen-bond donors (Lipinski definition) is 2. The van der Waals surface area contributed by atoms with E-state index in [1.807, 2.05) is 0 Å². The Hall–Kier alpha value is -3.61. The number of carbonyl (C=O) groups excluding carboxylic acids is 1. The van der Waals surface area contributed by atoms with Crippen LogP contribution in [0.2, 0.25) is 0 Å². The first-order chi connectivity index (χ1) is 14.9. The van der Waals surface area contributed by atoms with Gasteiger partial charge >= 0.3 is 0 Å². The van der Waals surface area contributed by atoms with E-state index in [9.17, 15) is 18.0 Å². The van der Waals surface area contributed by atoms with Crippen LogP contribution >= 0.6 is 0 Å². The average molecular weight is 428 g/mol. The van der Waals surface area contributed by atoms with E-state index in [1.165, 1.54) is 6.07 Å². The Bertz CT molecular complexity index is 1200. The van der Waals surface area contributed by atoms with Gasteiger partial charge in [-0.2, -0.15) is 5.26 Å². The molecule has 1 amide bonds. The number of anilines is 2. The van der Waals surface area contributed by atoms with Crippen LogP contribution in [0.25, 0.3) is 11.0 Å². The van der Waals surface area contributed by atoms with Crippen molar-refractivity contribution in [1.29, 1.82) is 5.26 Å². The van der Waals surface area contributed by atoms with E-state index in [4.69, 9.17) is 5.26 Å². The Balaban J connectivity index is 1.64. The largest absolute Gasteiger partial charge is 0.366 e. The van der Waals surface area contributed by atoms with Crippen molar-refractivity contribution < 1.29 is 18.0 Å². The van der Waals surface area contributed by atoms with Crippen molar-refractivity contribution in [2.75, 3.05) is 10.6 Å². The van der Waals surface area contributed by atoms with E-state index in [0.29, 0.717) is 16.9 Å². The number of rotatable bonds is 7. The second-order valence-corrected chi connectivity index (χ2v) is 7.50. The highest BCUT2D eigenvalue weighted by Gasteiger charge is 2.30. The molecule has 1 fully saturated rings. The van der Waals surface area contributed by atoms with Crippen molar-refractivity contribution in [3.8, 4) is 6.07 Å². The molecule has 31 heavy (non-hydrogen) atoms. The van der Waals surface area contributed by atoms with Gasteiger partial charge in [-0.3, -0.25) is 4.79 Å². The maximum absolute atomic E-state index is 14.5. The standard InChI is InChI=1S/C21H19F3N6O/c1-30-10-27-19-16(30)7-18(28-20(19)29-21(31)12-2-3-12)26-9-14-13(6-17(23)24)4-11(8-25)5-15(14)22/h4-5,7,10,12,17H,2-3,6,9H2,1H3,(H2,26,28,29,31). The third-order valence-electron chi connectivity index (χ3n) is 5.14. The first kappa shape index (κ1) is 20.7. The molecule has 0 spiro atoms. The summed E-state index contributed by atoms with van der Waals surface area (Å²) in [5.41, 5.74) is 1.29. The molecule has 0 radical (unpaired) electrons. The molecule has 160 valence electrons. The average Bonchev–Trinajstić information content (AvgIpc) is 3.51. The number of aromatic nitrogens is 3. The molecule has 1 aliphatic rings. The van der Waals surface area contributed by atoms with Crippen LogP contribution in [0.15, 0.2) is 24.5 Å². The number of nitriles is 1. The minimum atomic E-state index is -2.68. The molecule has 7 nitrogen and oxygen atoms in total. The predicted octanol–water partition coefficient (Wildman–Crippen LogP) is 3.75. The van der Waals surface area contributed by atoms with Crippen molar-refractivity contribution >= 4 is 28.6 Å². The summed E-state index contributed by atoms with van der Waals surface area (Å²) in [4.78, 5) is 20.9. The third-order valence-corrected chi connectivity index (χ3v) is 5.14. The molecular formula is C21H19F3N6O. The van der Waals surface area contributed by atoms with E-state index in [2.05, 4.69) is 20.6 Å². The van der Waals surface area contributed by atoms with Gasteiger partial charge in [-0.15, -0.1) is 0 Å². The van der Waals surface area contributed by atoms with Crippen molar-refractivity contribution in [2.45, 2.75) is 32.2 Å². The lowest BCUT2D eigenvalue weighted by Crippen LogP contribution is -2.16. The lowest BCUT2D eigenvalue weighted by atomic mass is 10.0. The molecule has 2 N–H and O–H groups in total. The van der Waals surface area contributed by atoms with Gasteiger partial charge in [0.15, 0.2) is 5.82 Å². The summed E-state index contributed by atoms with van der Waals surface area (Å²) in [5.74, 6) is -0.290. The monoisotopic (exact) mass is 428 g/mol. The van der Waals surface area contributed by atoms with Gasteiger partial charge in [0.2, 0.25) is 12.3 Å². The molecule has 0 atom stereocenters. The van der Waals surface area contributed by atoms with Crippen LogP contribution in [0.3, 0.4) is 0 Å². The summed E-state index contributed by atoms with van der Waals surface area (Å²) in [7, 11) is 1.78. The number of hydrogen-bond acceptors (Lipinski definition) is 5. The van der Waals surface area contributed by atoms with E-state index >= 15 is 0 Å². The van der Waals surface area contributed by atoms with Crippen molar-refractivity contribution in [2.24, 2.45) is 13.0 Å².